The lowest BCUT2D eigenvalue weighted by molar-refractivity contribution is 0.628. The number of benzene rings is 1. The summed E-state index contributed by atoms with van der Waals surface area (Å²) in [6.45, 7) is 2.69. The van der Waals surface area contributed by atoms with Crippen molar-refractivity contribution in [1.82, 2.24) is 9.97 Å². The molecule has 2 rings (SSSR count). The summed E-state index contributed by atoms with van der Waals surface area (Å²) in [6.07, 6.45) is 1.41. The Morgan fingerprint density at radius 2 is 1.94 bits per heavy atom. The van der Waals surface area contributed by atoms with E-state index in [0.717, 1.165) is 5.69 Å². The van der Waals surface area contributed by atoms with Crippen molar-refractivity contribution in [2.24, 2.45) is 0 Å². The minimum atomic E-state index is -0.259. The van der Waals surface area contributed by atoms with Gasteiger partial charge in [-0.1, -0.05) is 11.6 Å². The van der Waals surface area contributed by atoms with Crippen LogP contribution >= 0.6 is 11.6 Å². The molecule has 0 fully saturated rings. The average molecular weight is 252 g/mol. The Labute approximate surface area is 104 Å². The van der Waals surface area contributed by atoms with Gasteiger partial charge in [0.25, 0.3) is 0 Å². The summed E-state index contributed by atoms with van der Waals surface area (Å²) in [7, 11) is 0. The van der Waals surface area contributed by atoms with Crippen molar-refractivity contribution >= 4 is 23.1 Å². The molecule has 1 aromatic heterocycles. The molecule has 0 N–H and O–H groups in total. The topological polar surface area (TPSA) is 29.0 Å². The average Bonchev–Trinajstić information content (AvgIpc) is 2.33. The quantitative estimate of drug-likeness (QED) is 0.783. The van der Waals surface area contributed by atoms with Gasteiger partial charge < -0.3 is 4.90 Å². The summed E-state index contributed by atoms with van der Waals surface area (Å²) in [5, 5.41) is 0.385. The lowest BCUT2D eigenvalue weighted by atomic mass is 10.2. The van der Waals surface area contributed by atoms with Gasteiger partial charge >= 0.3 is 0 Å². The summed E-state index contributed by atoms with van der Waals surface area (Å²) in [6, 6.07) is 7.92. The molecule has 2 aromatic rings. The predicted octanol–water partition coefficient (Wildman–Crippen LogP) is 3.43. The van der Waals surface area contributed by atoms with Crippen molar-refractivity contribution < 1.29 is 4.39 Å². The molecule has 0 amide bonds. The number of aromatic nitrogens is 2. The number of halogens is 2. The van der Waals surface area contributed by atoms with Crippen molar-refractivity contribution in [3.63, 3.8) is 0 Å². The van der Waals surface area contributed by atoms with E-state index in [1.54, 1.807) is 18.2 Å². The third kappa shape index (κ3) is 2.71. The predicted molar refractivity (Wildman–Crippen MR) is 66.1 cm³/mol. The fraction of sp³-hybridized carbons (Fsp3) is 0.167. The zero-order chi connectivity index (χ0) is 12.3. The number of rotatable bonds is 3. The molecule has 0 saturated carbocycles. The Hall–Kier alpha value is -1.68. The minimum absolute atomic E-state index is 0.259. The van der Waals surface area contributed by atoms with Crippen LogP contribution < -0.4 is 4.90 Å². The molecule has 0 atom stereocenters. The SMILES string of the molecule is CCN(c1ccc(F)cc1)c1cc(Cl)ncn1. The number of anilines is 2. The largest absolute Gasteiger partial charge is 0.327 e. The highest BCUT2D eigenvalue weighted by atomic mass is 35.5. The van der Waals surface area contributed by atoms with Gasteiger partial charge in [0.15, 0.2) is 0 Å². The van der Waals surface area contributed by atoms with Crippen LogP contribution in [0.4, 0.5) is 15.9 Å². The monoisotopic (exact) mass is 251 g/mol. The third-order valence-corrected chi connectivity index (χ3v) is 2.56. The van der Waals surface area contributed by atoms with E-state index in [4.69, 9.17) is 11.6 Å². The summed E-state index contributed by atoms with van der Waals surface area (Å²) in [5.41, 5.74) is 0.865. The lowest BCUT2D eigenvalue weighted by Crippen LogP contribution is -2.17. The van der Waals surface area contributed by atoms with E-state index in [1.807, 2.05) is 11.8 Å². The van der Waals surface area contributed by atoms with Gasteiger partial charge in [-0.05, 0) is 31.2 Å². The van der Waals surface area contributed by atoms with Crippen molar-refractivity contribution in [3.05, 3.63) is 47.6 Å². The Morgan fingerprint density at radius 3 is 2.53 bits per heavy atom. The van der Waals surface area contributed by atoms with Gasteiger partial charge in [0.2, 0.25) is 0 Å². The molecule has 0 radical (unpaired) electrons. The van der Waals surface area contributed by atoms with Crippen LogP contribution in [0.1, 0.15) is 6.92 Å². The lowest BCUT2D eigenvalue weighted by Gasteiger charge is -2.21. The van der Waals surface area contributed by atoms with Crippen molar-refractivity contribution in [2.45, 2.75) is 6.92 Å². The molecule has 5 heteroatoms. The molecular formula is C12H11ClFN3. The standard InChI is InChI=1S/C12H11ClFN3/c1-2-17(10-5-3-9(14)4-6-10)12-7-11(13)15-8-16-12/h3-8H,2H2,1H3. The molecule has 0 aliphatic heterocycles. The third-order valence-electron chi connectivity index (χ3n) is 2.35. The van der Waals surface area contributed by atoms with Crippen LogP contribution in [0.5, 0.6) is 0 Å². The van der Waals surface area contributed by atoms with E-state index in [-0.39, 0.29) is 5.82 Å². The van der Waals surface area contributed by atoms with Gasteiger partial charge in [0.05, 0.1) is 0 Å². The summed E-state index contributed by atoms with van der Waals surface area (Å²) >= 11 is 5.82. The first kappa shape index (κ1) is 11.8. The zero-order valence-electron chi connectivity index (χ0n) is 9.27. The highest BCUT2D eigenvalue weighted by Crippen LogP contribution is 2.24. The molecule has 0 unspecified atom stereocenters. The van der Waals surface area contributed by atoms with E-state index in [2.05, 4.69) is 9.97 Å². The number of hydrogen-bond acceptors (Lipinski definition) is 3. The first-order valence-corrected chi connectivity index (χ1v) is 5.59. The Morgan fingerprint density at radius 1 is 1.24 bits per heavy atom. The maximum atomic E-state index is 12.9. The molecule has 17 heavy (non-hydrogen) atoms. The number of nitrogens with zero attached hydrogens (tertiary/aromatic N) is 3. The van der Waals surface area contributed by atoms with Crippen LogP contribution in [0, 0.1) is 5.82 Å². The minimum Gasteiger partial charge on any atom is -0.327 e. The highest BCUT2D eigenvalue weighted by Gasteiger charge is 2.09. The molecule has 88 valence electrons. The van der Waals surface area contributed by atoms with Crippen LogP contribution in [0.2, 0.25) is 5.15 Å². The summed E-state index contributed by atoms with van der Waals surface area (Å²) in [4.78, 5) is 9.90. The van der Waals surface area contributed by atoms with Gasteiger partial charge in [-0.15, -0.1) is 0 Å². The summed E-state index contributed by atoms with van der Waals surface area (Å²) < 4.78 is 12.9. The van der Waals surface area contributed by atoms with E-state index < -0.39 is 0 Å². The van der Waals surface area contributed by atoms with Crippen LogP contribution in [-0.4, -0.2) is 16.5 Å². The zero-order valence-corrected chi connectivity index (χ0v) is 10.0. The molecule has 0 aliphatic carbocycles. The van der Waals surface area contributed by atoms with E-state index in [1.165, 1.54) is 18.5 Å². The van der Waals surface area contributed by atoms with Crippen LogP contribution in [0.3, 0.4) is 0 Å². The maximum absolute atomic E-state index is 12.9. The Balaban J connectivity index is 2.36. The normalized spacial score (nSPS) is 10.3. The van der Waals surface area contributed by atoms with Crippen molar-refractivity contribution in [1.29, 1.82) is 0 Å². The fourth-order valence-corrected chi connectivity index (χ4v) is 1.71. The Kier molecular flexibility index (Phi) is 3.54. The molecular weight excluding hydrogens is 241 g/mol. The molecule has 1 heterocycles. The van der Waals surface area contributed by atoms with Gasteiger partial charge in [-0.25, -0.2) is 14.4 Å². The second kappa shape index (κ2) is 5.10. The highest BCUT2D eigenvalue weighted by molar-refractivity contribution is 6.29. The molecule has 0 spiro atoms. The Bertz CT molecular complexity index is 501. The molecule has 0 aliphatic rings. The summed E-state index contributed by atoms with van der Waals surface area (Å²) in [5.74, 6) is 0.435. The van der Waals surface area contributed by atoms with Gasteiger partial charge in [0, 0.05) is 18.3 Å². The fourth-order valence-electron chi connectivity index (χ4n) is 1.57. The van der Waals surface area contributed by atoms with E-state index in [9.17, 15) is 4.39 Å². The molecule has 3 nitrogen and oxygen atoms in total. The van der Waals surface area contributed by atoms with Crippen LogP contribution in [0.15, 0.2) is 36.7 Å². The van der Waals surface area contributed by atoms with E-state index in [0.29, 0.717) is 17.5 Å². The molecule has 0 saturated heterocycles. The van der Waals surface area contributed by atoms with Crippen LogP contribution in [0.25, 0.3) is 0 Å². The second-order valence-electron chi connectivity index (χ2n) is 3.42. The van der Waals surface area contributed by atoms with Crippen molar-refractivity contribution in [3.8, 4) is 0 Å². The molecule has 1 aromatic carbocycles. The maximum Gasteiger partial charge on any atom is 0.137 e. The second-order valence-corrected chi connectivity index (χ2v) is 3.81. The van der Waals surface area contributed by atoms with Gasteiger partial charge in [-0.3, -0.25) is 0 Å². The molecule has 0 bridgehead atoms. The first-order valence-electron chi connectivity index (χ1n) is 5.21. The van der Waals surface area contributed by atoms with Crippen LogP contribution in [-0.2, 0) is 0 Å². The van der Waals surface area contributed by atoms with Gasteiger partial charge in [-0.2, -0.15) is 0 Å². The first-order chi connectivity index (χ1) is 8.20. The van der Waals surface area contributed by atoms with E-state index >= 15 is 0 Å². The van der Waals surface area contributed by atoms with Crippen molar-refractivity contribution in [2.75, 3.05) is 11.4 Å². The number of hydrogen-bond donors (Lipinski definition) is 0. The van der Waals surface area contributed by atoms with Gasteiger partial charge in [0.1, 0.15) is 23.1 Å². The smallest absolute Gasteiger partial charge is 0.137 e.